The van der Waals surface area contributed by atoms with Gasteiger partial charge in [0, 0.05) is 25.6 Å². The van der Waals surface area contributed by atoms with E-state index in [0.29, 0.717) is 6.54 Å². The highest BCUT2D eigenvalue weighted by atomic mass is 16.5. The van der Waals surface area contributed by atoms with Crippen molar-refractivity contribution in [1.82, 2.24) is 10.6 Å². The fraction of sp³-hybridized carbons (Fsp3) is 0.462. The highest BCUT2D eigenvalue weighted by molar-refractivity contribution is 5.72. The Balaban J connectivity index is 2.19. The van der Waals surface area contributed by atoms with Crippen LogP contribution in [-0.2, 0) is 11.3 Å². The van der Waals surface area contributed by atoms with Crippen molar-refractivity contribution < 1.29 is 9.53 Å². The predicted octanol–water partition coefficient (Wildman–Crippen LogP) is 1.31. The van der Waals surface area contributed by atoms with Crippen LogP contribution in [0.4, 0.5) is 0 Å². The summed E-state index contributed by atoms with van der Waals surface area (Å²) < 4.78 is 5.26. The van der Waals surface area contributed by atoms with Gasteiger partial charge >= 0.3 is 0 Å². The Morgan fingerprint density at radius 1 is 1.29 bits per heavy atom. The van der Waals surface area contributed by atoms with Gasteiger partial charge in [-0.25, -0.2) is 0 Å². The smallest absolute Gasteiger partial charge is 0.216 e. The molecule has 0 unspecified atom stereocenters. The molecule has 0 saturated heterocycles. The van der Waals surface area contributed by atoms with E-state index in [1.165, 1.54) is 6.92 Å². The highest BCUT2D eigenvalue weighted by Crippen LogP contribution is 2.16. The Kier molecular flexibility index (Phi) is 6.10. The van der Waals surface area contributed by atoms with Crippen molar-refractivity contribution in [3.05, 3.63) is 29.8 Å². The molecule has 1 amide bonds. The van der Waals surface area contributed by atoms with Gasteiger partial charge in [-0.05, 0) is 19.0 Å². The number of nitrogens with one attached hydrogen (secondary N) is 2. The summed E-state index contributed by atoms with van der Waals surface area (Å²) in [7, 11) is 1.68. The van der Waals surface area contributed by atoms with E-state index in [-0.39, 0.29) is 5.91 Å². The molecule has 0 radical (unpaired) electrons. The normalized spacial score (nSPS) is 10.0. The van der Waals surface area contributed by atoms with Crippen LogP contribution in [0.25, 0.3) is 0 Å². The van der Waals surface area contributed by atoms with E-state index >= 15 is 0 Å². The summed E-state index contributed by atoms with van der Waals surface area (Å²) in [6.07, 6.45) is 0.925. The molecule has 17 heavy (non-hydrogen) atoms. The van der Waals surface area contributed by atoms with Crippen molar-refractivity contribution in [2.24, 2.45) is 0 Å². The van der Waals surface area contributed by atoms with Gasteiger partial charge in [0.15, 0.2) is 0 Å². The van der Waals surface area contributed by atoms with Crippen molar-refractivity contribution in [3.63, 3.8) is 0 Å². The van der Waals surface area contributed by atoms with Gasteiger partial charge in [-0.3, -0.25) is 4.79 Å². The van der Waals surface area contributed by atoms with E-state index in [9.17, 15) is 4.79 Å². The lowest BCUT2D eigenvalue weighted by molar-refractivity contribution is -0.118. The largest absolute Gasteiger partial charge is 0.496 e. The second-order valence-corrected chi connectivity index (χ2v) is 3.83. The molecule has 4 heteroatoms. The van der Waals surface area contributed by atoms with Gasteiger partial charge in [-0.15, -0.1) is 0 Å². The van der Waals surface area contributed by atoms with Gasteiger partial charge in [-0.1, -0.05) is 18.2 Å². The average molecular weight is 236 g/mol. The van der Waals surface area contributed by atoms with Crippen LogP contribution in [0.2, 0.25) is 0 Å². The number of para-hydroxylation sites is 1. The molecule has 0 saturated carbocycles. The average Bonchev–Trinajstić information content (AvgIpc) is 2.33. The van der Waals surface area contributed by atoms with Crippen LogP contribution in [0, 0.1) is 0 Å². The highest BCUT2D eigenvalue weighted by Gasteiger charge is 2.00. The lowest BCUT2D eigenvalue weighted by Gasteiger charge is -2.09. The van der Waals surface area contributed by atoms with E-state index in [1.807, 2.05) is 24.3 Å². The third-order valence-electron chi connectivity index (χ3n) is 2.41. The number of amides is 1. The van der Waals surface area contributed by atoms with Gasteiger partial charge in [0.1, 0.15) is 5.75 Å². The van der Waals surface area contributed by atoms with Crippen molar-refractivity contribution in [2.75, 3.05) is 20.2 Å². The second kappa shape index (κ2) is 7.68. The third kappa shape index (κ3) is 5.36. The fourth-order valence-electron chi connectivity index (χ4n) is 1.55. The molecule has 1 rings (SSSR count). The number of methoxy groups -OCH3 is 1. The molecule has 1 aromatic carbocycles. The summed E-state index contributed by atoms with van der Waals surface area (Å²) >= 11 is 0. The van der Waals surface area contributed by atoms with E-state index in [2.05, 4.69) is 10.6 Å². The number of rotatable bonds is 7. The first-order valence-corrected chi connectivity index (χ1v) is 5.81. The summed E-state index contributed by atoms with van der Waals surface area (Å²) in [5.41, 5.74) is 1.15. The zero-order valence-electron chi connectivity index (χ0n) is 10.5. The summed E-state index contributed by atoms with van der Waals surface area (Å²) in [6, 6.07) is 7.95. The predicted molar refractivity (Wildman–Crippen MR) is 68.0 cm³/mol. The number of carbonyl (C=O) groups excluding carboxylic acids is 1. The van der Waals surface area contributed by atoms with Gasteiger partial charge in [0.2, 0.25) is 5.91 Å². The molecule has 4 nitrogen and oxygen atoms in total. The molecule has 0 atom stereocenters. The number of hydrogen-bond donors (Lipinski definition) is 2. The maximum absolute atomic E-state index is 10.6. The number of ether oxygens (including phenoxy) is 1. The van der Waals surface area contributed by atoms with Gasteiger partial charge < -0.3 is 15.4 Å². The first-order valence-electron chi connectivity index (χ1n) is 5.81. The summed E-state index contributed by atoms with van der Waals surface area (Å²) in [4.78, 5) is 10.6. The van der Waals surface area contributed by atoms with Crippen LogP contribution in [0.15, 0.2) is 24.3 Å². The second-order valence-electron chi connectivity index (χ2n) is 3.83. The molecule has 1 aromatic rings. The Morgan fingerprint density at radius 3 is 2.76 bits per heavy atom. The molecule has 0 fully saturated rings. The van der Waals surface area contributed by atoms with Crippen LogP contribution < -0.4 is 15.4 Å². The standard InChI is InChI=1S/C13H20N2O2/c1-11(16)15-9-5-8-14-10-12-6-3-4-7-13(12)17-2/h3-4,6-7,14H,5,8-10H2,1-2H3,(H,15,16). The van der Waals surface area contributed by atoms with Crippen LogP contribution in [0.5, 0.6) is 5.75 Å². The fourth-order valence-corrected chi connectivity index (χ4v) is 1.55. The number of carbonyl (C=O) groups is 1. The van der Waals surface area contributed by atoms with E-state index in [0.717, 1.165) is 30.8 Å². The SMILES string of the molecule is COc1ccccc1CNCCCNC(C)=O. The molecule has 0 bridgehead atoms. The molecule has 0 spiro atoms. The van der Waals surface area contributed by atoms with Gasteiger partial charge in [-0.2, -0.15) is 0 Å². The lowest BCUT2D eigenvalue weighted by atomic mass is 10.2. The molecule has 0 aliphatic carbocycles. The molecular weight excluding hydrogens is 216 g/mol. The molecule has 0 heterocycles. The minimum absolute atomic E-state index is 0.0229. The van der Waals surface area contributed by atoms with Crippen molar-refractivity contribution in [1.29, 1.82) is 0 Å². The van der Waals surface area contributed by atoms with Crippen LogP contribution in [0.3, 0.4) is 0 Å². The maximum atomic E-state index is 10.6. The first kappa shape index (κ1) is 13.5. The quantitative estimate of drug-likeness (QED) is 0.702. The summed E-state index contributed by atoms with van der Waals surface area (Å²) in [6.45, 7) is 3.90. The van der Waals surface area contributed by atoms with Crippen molar-refractivity contribution in [2.45, 2.75) is 19.9 Å². The molecule has 94 valence electrons. The van der Waals surface area contributed by atoms with Crippen molar-refractivity contribution >= 4 is 5.91 Å². The Bertz CT molecular complexity index is 353. The topological polar surface area (TPSA) is 50.4 Å². The summed E-state index contributed by atoms with van der Waals surface area (Å²) in [5.74, 6) is 0.927. The minimum Gasteiger partial charge on any atom is -0.496 e. The molecule has 0 aliphatic heterocycles. The maximum Gasteiger partial charge on any atom is 0.216 e. The molecular formula is C13H20N2O2. The molecule has 0 aromatic heterocycles. The number of benzene rings is 1. The Hall–Kier alpha value is -1.55. The molecule has 0 aliphatic rings. The monoisotopic (exact) mass is 236 g/mol. The van der Waals surface area contributed by atoms with E-state index < -0.39 is 0 Å². The summed E-state index contributed by atoms with van der Waals surface area (Å²) in [5, 5.41) is 6.08. The van der Waals surface area contributed by atoms with Gasteiger partial charge in [0.05, 0.1) is 7.11 Å². The Morgan fingerprint density at radius 2 is 2.06 bits per heavy atom. The van der Waals surface area contributed by atoms with Crippen molar-refractivity contribution in [3.8, 4) is 5.75 Å². The number of hydrogen-bond acceptors (Lipinski definition) is 3. The van der Waals surface area contributed by atoms with Crippen LogP contribution in [-0.4, -0.2) is 26.1 Å². The Labute approximate surface area is 102 Å². The van der Waals surface area contributed by atoms with Gasteiger partial charge in [0.25, 0.3) is 0 Å². The third-order valence-corrected chi connectivity index (χ3v) is 2.41. The van der Waals surface area contributed by atoms with Crippen LogP contribution in [0.1, 0.15) is 18.9 Å². The van der Waals surface area contributed by atoms with E-state index in [1.54, 1.807) is 7.11 Å². The minimum atomic E-state index is 0.0229. The van der Waals surface area contributed by atoms with E-state index in [4.69, 9.17) is 4.74 Å². The lowest BCUT2D eigenvalue weighted by Crippen LogP contribution is -2.25. The zero-order chi connectivity index (χ0) is 12.5. The molecule has 2 N–H and O–H groups in total. The zero-order valence-corrected chi connectivity index (χ0v) is 10.5. The first-order chi connectivity index (χ1) is 8.24. The van der Waals surface area contributed by atoms with Crippen LogP contribution >= 0.6 is 0 Å².